The van der Waals surface area contributed by atoms with Crippen molar-refractivity contribution in [3.05, 3.63) is 60.4 Å². The average Bonchev–Trinajstić information content (AvgIpc) is 2.95. The van der Waals surface area contributed by atoms with Crippen LogP contribution in [0.5, 0.6) is 5.75 Å². The molecule has 0 saturated carbocycles. The number of imidazole rings is 1. The van der Waals surface area contributed by atoms with Crippen molar-refractivity contribution in [3.63, 3.8) is 0 Å². The van der Waals surface area contributed by atoms with Gasteiger partial charge in [0.05, 0.1) is 17.6 Å². The summed E-state index contributed by atoms with van der Waals surface area (Å²) >= 11 is 0. The van der Waals surface area contributed by atoms with Gasteiger partial charge in [-0.25, -0.2) is 4.98 Å². The van der Waals surface area contributed by atoms with Crippen molar-refractivity contribution >= 4 is 11.0 Å². The topological polar surface area (TPSA) is 39.1 Å². The molecule has 120 valence electrons. The fraction of sp³-hybridized carbons (Fsp3) is 0.316. The van der Waals surface area contributed by atoms with Gasteiger partial charge < -0.3 is 14.6 Å². The number of aromatic nitrogens is 2. The zero-order valence-corrected chi connectivity index (χ0v) is 13.5. The summed E-state index contributed by atoms with van der Waals surface area (Å²) < 4.78 is 8.11. The van der Waals surface area contributed by atoms with Crippen molar-refractivity contribution in [3.8, 4) is 5.75 Å². The highest BCUT2D eigenvalue weighted by Gasteiger charge is 2.09. The van der Waals surface area contributed by atoms with E-state index < -0.39 is 0 Å². The number of para-hydroxylation sites is 3. The Morgan fingerprint density at radius 3 is 2.65 bits per heavy atom. The van der Waals surface area contributed by atoms with Crippen LogP contribution in [0.4, 0.5) is 0 Å². The van der Waals surface area contributed by atoms with Crippen LogP contribution in [0.3, 0.4) is 0 Å². The molecule has 3 aromatic rings. The summed E-state index contributed by atoms with van der Waals surface area (Å²) in [5, 5.41) is 3.20. The van der Waals surface area contributed by atoms with E-state index in [-0.39, 0.29) is 0 Å². The van der Waals surface area contributed by atoms with Gasteiger partial charge in [0.1, 0.15) is 11.6 Å². The lowest BCUT2D eigenvalue weighted by molar-refractivity contribution is 0.302. The van der Waals surface area contributed by atoms with Gasteiger partial charge in [0.2, 0.25) is 0 Å². The summed E-state index contributed by atoms with van der Waals surface area (Å²) in [6.07, 6.45) is 1.90. The van der Waals surface area contributed by atoms with Crippen molar-refractivity contribution in [1.82, 2.24) is 14.9 Å². The molecule has 0 fully saturated rings. The van der Waals surface area contributed by atoms with E-state index in [1.807, 2.05) is 43.4 Å². The summed E-state index contributed by atoms with van der Waals surface area (Å²) in [6.45, 7) is 2.57. The van der Waals surface area contributed by atoms with Crippen LogP contribution in [0.25, 0.3) is 11.0 Å². The van der Waals surface area contributed by atoms with E-state index in [0.717, 1.165) is 43.0 Å². The lowest BCUT2D eigenvalue weighted by Gasteiger charge is -2.10. The Balaban J connectivity index is 1.66. The third-order valence-corrected chi connectivity index (χ3v) is 3.87. The number of ether oxygens (including phenoxy) is 1. The van der Waals surface area contributed by atoms with Crippen LogP contribution in [-0.2, 0) is 13.0 Å². The standard InChI is InChI=1S/C19H23N3O/c1-20-13-12-19-21-17-10-5-6-11-18(17)22(19)14-7-15-23-16-8-3-2-4-9-16/h2-6,8-11,20H,7,12-15H2,1H3. The number of hydrogen-bond acceptors (Lipinski definition) is 3. The molecule has 4 heteroatoms. The Labute approximate surface area is 137 Å². The molecule has 2 aromatic carbocycles. The van der Waals surface area contributed by atoms with Crippen LogP contribution < -0.4 is 10.1 Å². The summed E-state index contributed by atoms with van der Waals surface area (Å²) in [4.78, 5) is 4.77. The second-order valence-electron chi connectivity index (χ2n) is 5.54. The van der Waals surface area contributed by atoms with Gasteiger partial charge in [0.15, 0.2) is 0 Å². The van der Waals surface area contributed by atoms with Gasteiger partial charge in [-0.3, -0.25) is 0 Å². The minimum Gasteiger partial charge on any atom is -0.494 e. The molecule has 0 aliphatic carbocycles. The molecule has 0 spiro atoms. The van der Waals surface area contributed by atoms with E-state index >= 15 is 0 Å². The predicted molar refractivity (Wildman–Crippen MR) is 93.9 cm³/mol. The highest BCUT2D eigenvalue weighted by atomic mass is 16.5. The molecule has 1 aromatic heterocycles. The second kappa shape index (κ2) is 7.79. The summed E-state index contributed by atoms with van der Waals surface area (Å²) in [5.41, 5.74) is 2.28. The predicted octanol–water partition coefficient (Wildman–Crippen LogP) is 3.27. The van der Waals surface area contributed by atoms with Gasteiger partial charge in [0.25, 0.3) is 0 Å². The number of hydrogen-bond donors (Lipinski definition) is 1. The third-order valence-electron chi connectivity index (χ3n) is 3.87. The first-order valence-corrected chi connectivity index (χ1v) is 8.15. The lowest BCUT2D eigenvalue weighted by atomic mass is 10.3. The average molecular weight is 309 g/mol. The van der Waals surface area contributed by atoms with Crippen LogP contribution >= 0.6 is 0 Å². The van der Waals surface area contributed by atoms with Gasteiger partial charge in [-0.15, -0.1) is 0 Å². The van der Waals surface area contributed by atoms with Gasteiger partial charge in [-0.2, -0.15) is 0 Å². The molecule has 1 N–H and O–H groups in total. The number of rotatable bonds is 8. The van der Waals surface area contributed by atoms with Gasteiger partial charge in [0, 0.05) is 19.5 Å². The van der Waals surface area contributed by atoms with Crippen LogP contribution in [0.15, 0.2) is 54.6 Å². The molecule has 0 saturated heterocycles. The monoisotopic (exact) mass is 309 g/mol. The molecule has 0 aliphatic heterocycles. The Morgan fingerprint density at radius 1 is 1.04 bits per heavy atom. The highest BCUT2D eigenvalue weighted by molar-refractivity contribution is 5.75. The molecular formula is C19H23N3O. The van der Waals surface area contributed by atoms with Crippen LogP contribution in [0.1, 0.15) is 12.2 Å². The fourth-order valence-electron chi connectivity index (χ4n) is 2.73. The van der Waals surface area contributed by atoms with E-state index in [4.69, 9.17) is 9.72 Å². The van der Waals surface area contributed by atoms with Crippen molar-refractivity contribution in [1.29, 1.82) is 0 Å². The fourth-order valence-corrected chi connectivity index (χ4v) is 2.73. The van der Waals surface area contributed by atoms with E-state index in [1.165, 1.54) is 5.52 Å². The minimum atomic E-state index is 0.710. The maximum atomic E-state index is 5.79. The first-order valence-electron chi connectivity index (χ1n) is 8.15. The smallest absolute Gasteiger partial charge is 0.119 e. The normalized spacial score (nSPS) is 11.0. The van der Waals surface area contributed by atoms with E-state index in [2.05, 4.69) is 28.1 Å². The van der Waals surface area contributed by atoms with Crippen molar-refractivity contribution in [2.75, 3.05) is 20.2 Å². The Bertz CT molecular complexity index is 737. The SMILES string of the molecule is CNCCc1nc2ccccc2n1CCCOc1ccccc1. The third kappa shape index (κ3) is 3.90. The van der Waals surface area contributed by atoms with Crippen molar-refractivity contribution < 1.29 is 4.74 Å². The summed E-state index contributed by atoms with van der Waals surface area (Å²) in [7, 11) is 1.97. The van der Waals surface area contributed by atoms with E-state index in [9.17, 15) is 0 Å². The van der Waals surface area contributed by atoms with Gasteiger partial charge >= 0.3 is 0 Å². The molecule has 0 aliphatic rings. The van der Waals surface area contributed by atoms with Gasteiger partial charge in [-0.05, 0) is 37.7 Å². The molecule has 0 atom stereocenters. The molecule has 3 rings (SSSR count). The molecular weight excluding hydrogens is 286 g/mol. The number of fused-ring (bicyclic) bond motifs is 1. The van der Waals surface area contributed by atoms with Crippen molar-refractivity contribution in [2.45, 2.75) is 19.4 Å². The molecule has 0 unspecified atom stereocenters. The number of benzene rings is 2. The number of likely N-dealkylation sites (N-methyl/N-ethyl adjacent to an activating group) is 1. The van der Waals surface area contributed by atoms with Crippen LogP contribution in [0.2, 0.25) is 0 Å². The minimum absolute atomic E-state index is 0.710. The molecule has 23 heavy (non-hydrogen) atoms. The summed E-state index contributed by atoms with van der Waals surface area (Å²) in [5.74, 6) is 2.07. The first-order chi connectivity index (χ1) is 11.4. The molecule has 4 nitrogen and oxygen atoms in total. The van der Waals surface area contributed by atoms with Crippen LogP contribution in [-0.4, -0.2) is 29.8 Å². The second-order valence-corrected chi connectivity index (χ2v) is 5.54. The number of aryl methyl sites for hydroxylation is 1. The molecule has 0 radical (unpaired) electrons. The molecule has 1 heterocycles. The quantitative estimate of drug-likeness (QED) is 0.649. The number of nitrogens with zero attached hydrogens (tertiary/aromatic N) is 2. The van der Waals surface area contributed by atoms with E-state index in [0.29, 0.717) is 6.61 Å². The Hall–Kier alpha value is -2.33. The Morgan fingerprint density at radius 2 is 1.83 bits per heavy atom. The Kier molecular flexibility index (Phi) is 5.27. The first kappa shape index (κ1) is 15.6. The van der Waals surface area contributed by atoms with E-state index in [1.54, 1.807) is 0 Å². The highest BCUT2D eigenvalue weighted by Crippen LogP contribution is 2.17. The zero-order chi connectivity index (χ0) is 15.9. The largest absolute Gasteiger partial charge is 0.494 e. The summed E-state index contributed by atoms with van der Waals surface area (Å²) in [6, 6.07) is 18.3. The zero-order valence-electron chi connectivity index (χ0n) is 13.5. The molecule has 0 bridgehead atoms. The van der Waals surface area contributed by atoms with Crippen molar-refractivity contribution in [2.24, 2.45) is 0 Å². The van der Waals surface area contributed by atoms with Crippen LogP contribution in [0, 0.1) is 0 Å². The lowest BCUT2D eigenvalue weighted by Crippen LogP contribution is -2.15. The molecule has 0 amide bonds. The van der Waals surface area contributed by atoms with Gasteiger partial charge in [-0.1, -0.05) is 30.3 Å². The maximum Gasteiger partial charge on any atom is 0.119 e. The number of nitrogens with one attached hydrogen (secondary N) is 1. The maximum absolute atomic E-state index is 5.79.